The molecule has 0 bridgehead atoms. The fraction of sp³-hybridized carbons (Fsp3) is 0.235. The molecule has 1 amide bonds. The third-order valence-corrected chi connectivity index (χ3v) is 3.75. The van der Waals surface area contributed by atoms with Crippen molar-refractivity contribution < 1.29 is 4.79 Å². The predicted octanol–water partition coefficient (Wildman–Crippen LogP) is 2.29. The van der Waals surface area contributed by atoms with E-state index in [4.69, 9.17) is 5.73 Å². The van der Waals surface area contributed by atoms with Crippen molar-refractivity contribution in [1.29, 1.82) is 0 Å². The van der Waals surface area contributed by atoms with E-state index in [9.17, 15) is 4.79 Å². The van der Waals surface area contributed by atoms with E-state index in [-0.39, 0.29) is 12.3 Å². The summed E-state index contributed by atoms with van der Waals surface area (Å²) in [5, 5.41) is 6.86. The minimum atomic E-state index is -0.304. The Morgan fingerprint density at radius 3 is 2.76 bits per heavy atom. The van der Waals surface area contributed by atoms with Crippen molar-refractivity contribution in [3.05, 3.63) is 59.2 Å². The highest BCUT2D eigenvalue weighted by Gasteiger charge is 2.13. The van der Waals surface area contributed by atoms with E-state index in [1.807, 2.05) is 24.3 Å². The highest BCUT2D eigenvalue weighted by Crippen LogP contribution is 2.27. The molecule has 21 heavy (non-hydrogen) atoms. The Kier molecular flexibility index (Phi) is 3.77. The smallest absolute Gasteiger partial charge is 0.221 e. The summed E-state index contributed by atoms with van der Waals surface area (Å²) in [6.45, 7) is 1.81. The van der Waals surface area contributed by atoms with Crippen LogP contribution in [0.1, 0.15) is 16.7 Å². The third kappa shape index (κ3) is 3.16. The van der Waals surface area contributed by atoms with Crippen LogP contribution in [-0.2, 0) is 24.2 Å². The van der Waals surface area contributed by atoms with Crippen LogP contribution in [0.2, 0.25) is 0 Å². The molecular weight excluding hydrogens is 262 g/mol. The standard InChI is InChI=1S/C17H19N3O/c18-16(21)10-12-4-6-15(7-5-12)20-11-14-3-1-2-13-8-9-19-17(13)14/h1-7,19-20H,8-11H2,(H2,18,21). The molecule has 4 nitrogen and oxygen atoms in total. The second-order valence-corrected chi connectivity index (χ2v) is 5.32. The first-order chi connectivity index (χ1) is 10.2. The Morgan fingerprint density at radius 1 is 1.19 bits per heavy atom. The number of anilines is 2. The lowest BCUT2D eigenvalue weighted by Gasteiger charge is -2.11. The van der Waals surface area contributed by atoms with Crippen LogP contribution < -0.4 is 16.4 Å². The number of hydrogen-bond acceptors (Lipinski definition) is 3. The molecule has 0 radical (unpaired) electrons. The summed E-state index contributed by atoms with van der Waals surface area (Å²) in [7, 11) is 0. The van der Waals surface area contributed by atoms with Crippen molar-refractivity contribution in [1.82, 2.24) is 0 Å². The molecule has 2 aromatic carbocycles. The van der Waals surface area contributed by atoms with Crippen LogP contribution in [0.5, 0.6) is 0 Å². The van der Waals surface area contributed by atoms with E-state index in [1.54, 1.807) is 0 Å². The van der Waals surface area contributed by atoms with Crippen molar-refractivity contribution in [3.8, 4) is 0 Å². The van der Waals surface area contributed by atoms with Crippen LogP contribution >= 0.6 is 0 Å². The lowest BCUT2D eigenvalue weighted by molar-refractivity contribution is -0.117. The predicted molar refractivity (Wildman–Crippen MR) is 85.3 cm³/mol. The maximum atomic E-state index is 10.9. The van der Waals surface area contributed by atoms with E-state index in [0.717, 1.165) is 30.8 Å². The largest absolute Gasteiger partial charge is 0.384 e. The summed E-state index contributed by atoms with van der Waals surface area (Å²) in [5.74, 6) is -0.304. The zero-order valence-electron chi connectivity index (χ0n) is 11.9. The van der Waals surface area contributed by atoms with Crippen molar-refractivity contribution in [2.45, 2.75) is 19.4 Å². The maximum Gasteiger partial charge on any atom is 0.221 e. The molecule has 0 atom stereocenters. The summed E-state index contributed by atoms with van der Waals surface area (Å²) < 4.78 is 0. The van der Waals surface area contributed by atoms with Crippen LogP contribution in [0.15, 0.2) is 42.5 Å². The SMILES string of the molecule is NC(=O)Cc1ccc(NCc2cccc3c2NCC3)cc1. The van der Waals surface area contributed by atoms with Crippen molar-refractivity contribution >= 4 is 17.3 Å². The molecule has 1 aliphatic heterocycles. The third-order valence-electron chi connectivity index (χ3n) is 3.75. The van der Waals surface area contributed by atoms with Crippen LogP contribution in [-0.4, -0.2) is 12.5 Å². The molecule has 4 N–H and O–H groups in total. The quantitative estimate of drug-likeness (QED) is 0.787. The Hall–Kier alpha value is -2.49. The van der Waals surface area contributed by atoms with Gasteiger partial charge in [-0.2, -0.15) is 0 Å². The topological polar surface area (TPSA) is 67.2 Å². The van der Waals surface area contributed by atoms with Gasteiger partial charge in [0.1, 0.15) is 0 Å². The molecule has 0 spiro atoms. The molecule has 1 aliphatic rings. The fourth-order valence-electron chi connectivity index (χ4n) is 2.70. The average Bonchev–Trinajstić information content (AvgIpc) is 2.95. The van der Waals surface area contributed by atoms with Crippen LogP contribution in [0.25, 0.3) is 0 Å². The van der Waals surface area contributed by atoms with Gasteiger partial charge in [-0.15, -0.1) is 0 Å². The van der Waals surface area contributed by atoms with Gasteiger partial charge in [0, 0.05) is 24.5 Å². The van der Waals surface area contributed by atoms with Crippen molar-refractivity contribution in [2.75, 3.05) is 17.2 Å². The van der Waals surface area contributed by atoms with Gasteiger partial charge in [0.15, 0.2) is 0 Å². The number of carbonyl (C=O) groups excluding carboxylic acids is 1. The fourth-order valence-corrected chi connectivity index (χ4v) is 2.70. The molecule has 0 aliphatic carbocycles. The minimum Gasteiger partial charge on any atom is -0.384 e. The molecule has 4 heteroatoms. The first-order valence-corrected chi connectivity index (χ1v) is 7.18. The Labute approximate surface area is 124 Å². The number of benzene rings is 2. The van der Waals surface area contributed by atoms with Gasteiger partial charge >= 0.3 is 0 Å². The van der Waals surface area contributed by atoms with Gasteiger partial charge in [0.25, 0.3) is 0 Å². The first-order valence-electron chi connectivity index (χ1n) is 7.18. The van der Waals surface area contributed by atoms with E-state index in [2.05, 4.69) is 28.8 Å². The van der Waals surface area contributed by atoms with Crippen molar-refractivity contribution in [2.24, 2.45) is 5.73 Å². The summed E-state index contributed by atoms with van der Waals surface area (Å²) >= 11 is 0. The highest BCUT2D eigenvalue weighted by molar-refractivity contribution is 5.76. The van der Waals surface area contributed by atoms with Gasteiger partial charge in [-0.1, -0.05) is 30.3 Å². The van der Waals surface area contributed by atoms with Crippen LogP contribution in [0.4, 0.5) is 11.4 Å². The summed E-state index contributed by atoms with van der Waals surface area (Å²) in [5.41, 5.74) is 11.1. The second kappa shape index (κ2) is 5.87. The number of hydrogen-bond donors (Lipinski definition) is 3. The zero-order valence-corrected chi connectivity index (χ0v) is 11.9. The van der Waals surface area contributed by atoms with Crippen LogP contribution in [0, 0.1) is 0 Å². The summed E-state index contributed by atoms with van der Waals surface area (Å²) in [6, 6.07) is 14.3. The first kappa shape index (κ1) is 13.5. The van der Waals surface area contributed by atoms with E-state index < -0.39 is 0 Å². The van der Waals surface area contributed by atoms with Gasteiger partial charge in [-0.25, -0.2) is 0 Å². The number of fused-ring (bicyclic) bond motifs is 1. The molecule has 0 saturated carbocycles. The average molecular weight is 281 g/mol. The molecule has 3 rings (SSSR count). The molecular formula is C17H19N3O. The molecule has 108 valence electrons. The number of para-hydroxylation sites is 1. The number of rotatable bonds is 5. The molecule has 0 unspecified atom stereocenters. The monoisotopic (exact) mass is 281 g/mol. The maximum absolute atomic E-state index is 10.9. The number of carbonyl (C=O) groups is 1. The molecule has 1 heterocycles. The number of amides is 1. The zero-order chi connectivity index (χ0) is 14.7. The van der Waals surface area contributed by atoms with Gasteiger partial charge < -0.3 is 16.4 Å². The number of nitrogens with one attached hydrogen (secondary N) is 2. The minimum absolute atomic E-state index is 0.288. The highest BCUT2D eigenvalue weighted by atomic mass is 16.1. The Bertz CT molecular complexity index is 650. The molecule has 0 fully saturated rings. The van der Waals surface area contributed by atoms with Gasteiger partial charge in [-0.3, -0.25) is 4.79 Å². The number of nitrogens with two attached hydrogens (primary N) is 1. The second-order valence-electron chi connectivity index (χ2n) is 5.32. The number of primary amides is 1. The van der Waals surface area contributed by atoms with Crippen molar-refractivity contribution in [3.63, 3.8) is 0 Å². The van der Waals surface area contributed by atoms with E-state index >= 15 is 0 Å². The Morgan fingerprint density at radius 2 is 2.00 bits per heavy atom. The lowest BCUT2D eigenvalue weighted by atomic mass is 10.1. The van der Waals surface area contributed by atoms with Gasteiger partial charge in [0.2, 0.25) is 5.91 Å². The van der Waals surface area contributed by atoms with E-state index in [0.29, 0.717) is 0 Å². The molecule has 2 aromatic rings. The summed E-state index contributed by atoms with van der Waals surface area (Å²) in [6.07, 6.45) is 1.39. The van der Waals surface area contributed by atoms with E-state index in [1.165, 1.54) is 16.8 Å². The van der Waals surface area contributed by atoms with Gasteiger partial charge in [0.05, 0.1) is 6.42 Å². The molecule has 0 aromatic heterocycles. The normalized spacial score (nSPS) is 12.6. The van der Waals surface area contributed by atoms with Gasteiger partial charge in [-0.05, 0) is 35.2 Å². The molecule has 0 saturated heterocycles. The lowest BCUT2D eigenvalue weighted by Crippen LogP contribution is -2.13. The summed E-state index contributed by atoms with van der Waals surface area (Å²) in [4.78, 5) is 10.9. The Balaban J connectivity index is 1.65. The van der Waals surface area contributed by atoms with Crippen LogP contribution in [0.3, 0.4) is 0 Å².